The maximum Gasteiger partial charge on any atom is 0.290 e. The minimum Gasteiger partial charge on any atom is -0.491 e. The molecule has 1 aliphatic heterocycles. The van der Waals surface area contributed by atoms with Gasteiger partial charge in [0, 0.05) is 31.7 Å². The van der Waals surface area contributed by atoms with Gasteiger partial charge < -0.3 is 23.7 Å². The topological polar surface area (TPSA) is 72.2 Å². The normalized spacial score (nSPS) is 15.1. The van der Waals surface area contributed by atoms with Crippen molar-refractivity contribution in [2.45, 2.75) is 38.6 Å². The van der Waals surface area contributed by atoms with E-state index in [4.69, 9.17) is 13.9 Å². The zero-order chi connectivity index (χ0) is 25.5. The van der Waals surface area contributed by atoms with Crippen LogP contribution in [0.2, 0.25) is 0 Å². The van der Waals surface area contributed by atoms with Crippen LogP contribution in [-0.2, 0) is 16.0 Å². The van der Waals surface area contributed by atoms with Crippen LogP contribution in [0.5, 0.6) is 5.75 Å². The van der Waals surface area contributed by atoms with Crippen molar-refractivity contribution >= 4 is 23.2 Å². The summed E-state index contributed by atoms with van der Waals surface area (Å²) in [5.74, 6) is 1.06. The van der Waals surface area contributed by atoms with E-state index in [0.717, 1.165) is 17.7 Å². The van der Waals surface area contributed by atoms with Crippen molar-refractivity contribution in [2.24, 2.45) is 0 Å². The number of fused-ring (bicyclic) bond motifs is 1. The summed E-state index contributed by atoms with van der Waals surface area (Å²) in [5.41, 5.74) is 2.38. The predicted octanol–water partition coefficient (Wildman–Crippen LogP) is 5.15. The summed E-state index contributed by atoms with van der Waals surface area (Å²) in [6.45, 7) is 6.15. The van der Waals surface area contributed by atoms with Crippen molar-refractivity contribution in [1.82, 2.24) is 9.80 Å². The van der Waals surface area contributed by atoms with E-state index in [1.54, 1.807) is 35.5 Å². The second kappa shape index (κ2) is 12.2. The maximum absolute atomic E-state index is 13.6. The van der Waals surface area contributed by atoms with Crippen LogP contribution in [0.3, 0.4) is 0 Å². The molecule has 0 fully saturated rings. The van der Waals surface area contributed by atoms with Crippen LogP contribution in [0.1, 0.15) is 58.8 Å². The zero-order valence-corrected chi connectivity index (χ0v) is 22.0. The summed E-state index contributed by atoms with van der Waals surface area (Å²) in [5, 5.41) is 2.07. The molecule has 0 N–H and O–H groups in total. The summed E-state index contributed by atoms with van der Waals surface area (Å²) in [6.07, 6.45) is 2.89. The molecule has 36 heavy (non-hydrogen) atoms. The molecule has 3 aromatic rings. The molecule has 4 rings (SSSR count). The molecule has 1 aliphatic rings. The molecule has 0 saturated heterocycles. The van der Waals surface area contributed by atoms with Gasteiger partial charge in [-0.15, -0.1) is 11.3 Å². The Morgan fingerprint density at radius 1 is 1.19 bits per heavy atom. The lowest BCUT2D eigenvalue weighted by Gasteiger charge is -2.37. The van der Waals surface area contributed by atoms with Gasteiger partial charge in [0.1, 0.15) is 18.9 Å². The SMILES string of the molecule is COCCCN(CC(=O)N1CCc2sccc2[C@@H]1COc1ccc(C(C)C)cc1)C(=O)c1ccco1. The molecule has 1 atom stereocenters. The molecule has 0 unspecified atom stereocenters. The van der Waals surface area contributed by atoms with Gasteiger partial charge in [0.2, 0.25) is 5.91 Å². The van der Waals surface area contributed by atoms with Crippen LogP contribution in [0.15, 0.2) is 58.5 Å². The van der Waals surface area contributed by atoms with Gasteiger partial charge in [-0.25, -0.2) is 0 Å². The van der Waals surface area contributed by atoms with Gasteiger partial charge >= 0.3 is 0 Å². The minimum atomic E-state index is -0.296. The first kappa shape index (κ1) is 26.0. The minimum absolute atomic E-state index is 0.0255. The molecule has 2 amide bonds. The van der Waals surface area contributed by atoms with Crippen LogP contribution in [-0.4, -0.2) is 61.6 Å². The molecule has 192 valence electrons. The van der Waals surface area contributed by atoms with E-state index in [-0.39, 0.29) is 30.2 Å². The summed E-state index contributed by atoms with van der Waals surface area (Å²) in [7, 11) is 1.62. The van der Waals surface area contributed by atoms with Crippen LogP contribution < -0.4 is 4.74 Å². The van der Waals surface area contributed by atoms with Crippen molar-refractivity contribution in [2.75, 3.05) is 40.0 Å². The van der Waals surface area contributed by atoms with E-state index in [0.29, 0.717) is 38.6 Å². The van der Waals surface area contributed by atoms with E-state index in [2.05, 4.69) is 37.4 Å². The third-order valence-corrected chi connectivity index (χ3v) is 7.49. The molecule has 3 heterocycles. The first-order valence-corrected chi connectivity index (χ1v) is 13.3. The van der Waals surface area contributed by atoms with Crippen molar-refractivity contribution in [3.8, 4) is 5.75 Å². The largest absolute Gasteiger partial charge is 0.491 e. The smallest absolute Gasteiger partial charge is 0.290 e. The lowest BCUT2D eigenvalue weighted by Crippen LogP contribution is -2.48. The van der Waals surface area contributed by atoms with Crippen molar-refractivity contribution in [3.05, 3.63) is 75.9 Å². The highest BCUT2D eigenvalue weighted by Crippen LogP contribution is 2.34. The molecule has 8 heteroatoms. The number of nitrogens with zero attached hydrogens (tertiary/aromatic N) is 2. The first-order valence-electron chi connectivity index (χ1n) is 12.4. The summed E-state index contributed by atoms with van der Waals surface area (Å²) in [6, 6.07) is 13.3. The Hall–Kier alpha value is -3.10. The number of carbonyl (C=O) groups is 2. The quantitative estimate of drug-likeness (QED) is 0.334. The van der Waals surface area contributed by atoms with E-state index >= 15 is 0 Å². The Morgan fingerprint density at radius 2 is 2.00 bits per heavy atom. The number of hydrogen-bond donors (Lipinski definition) is 0. The Bertz CT molecular complexity index is 1120. The maximum atomic E-state index is 13.6. The lowest BCUT2D eigenvalue weighted by molar-refractivity contribution is -0.135. The number of thiophene rings is 1. The fourth-order valence-corrected chi connectivity index (χ4v) is 5.39. The van der Waals surface area contributed by atoms with Gasteiger partial charge in [-0.3, -0.25) is 9.59 Å². The van der Waals surface area contributed by atoms with E-state index in [1.165, 1.54) is 16.7 Å². The number of hydrogen-bond acceptors (Lipinski definition) is 6. The van der Waals surface area contributed by atoms with Crippen LogP contribution in [0.4, 0.5) is 0 Å². The average molecular weight is 511 g/mol. The number of ether oxygens (including phenoxy) is 2. The standard InChI is InChI=1S/C28H34N2O5S/c1-20(2)21-7-9-22(10-8-21)35-19-24-23-12-17-36-26(23)11-14-30(24)27(31)18-29(13-5-15-33-3)28(32)25-6-4-16-34-25/h4,6-10,12,16-17,20,24H,5,11,13-15,18-19H2,1-3H3/t24-/m0/s1. The Kier molecular flexibility index (Phi) is 8.83. The monoisotopic (exact) mass is 510 g/mol. The van der Waals surface area contributed by atoms with Gasteiger partial charge in [0.15, 0.2) is 5.76 Å². The number of amides is 2. The van der Waals surface area contributed by atoms with Crippen LogP contribution >= 0.6 is 11.3 Å². The fourth-order valence-electron chi connectivity index (χ4n) is 4.46. The number of furan rings is 1. The van der Waals surface area contributed by atoms with Gasteiger partial charge in [0.05, 0.1) is 12.3 Å². The van der Waals surface area contributed by atoms with Crippen LogP contribution in [0, 0.1) is 0 Å². The highest BCUT2D eigenvalue weighted by molar-refractivity contribution is 7.10. The summed E-state index contributed by atoms with van der Waals surface area (Å²) in [4.78, 5) is 31.3. The average Bonchev–Trinajstić information content (AvgIpc) is 3.59. The number of carbonyl (C=O) groups excluding carboxylic acids is 2. The van der Waals surface area contributed by atoms with E-state index in [1.807, 2.05) is 17.0 Å². The molecule has 2 aromatic heterocycles. The van der Waals surface area contributed by atoms with Crippen molar-refractivity contribution in [3.63, 3.8) is 0 Å². The molecular formula is C28H34N2O5S. The fraction of sp³-hybridized carbons (Fsp3) is 0.429. The molecule has 0 aliphatic carbocycles. The number of methoxy groups -OCH3 is 1. The molecule has 1 aromatic carbocycles. The second-order valence-electron chi connectivity index (χ2n) is 9.24. The predicted molar refractivity (Wildman–Crippen MR) is 140 cm³/mol. The summed E-state index contributed by atoms with van der Waals surface area (Å²) < 4.78 is 16.6. The molecule has 0 saturated carbocycles. The van der Waals surface area contributed by atoms with Crippen molar-refractivity contribution in [1.29, 1.82) is 0 Å². The molecule has 7 nitrogen and oxygen atoms in total. The molecule has 0 bridgehead atoms. The van der Waals surface area contributed by atoms with Gasteiger partial charge in [-0.1, -0.05) is 26.0 Å². The zero-order valence-electron chi connectivity index (χ0n) is 21.1. The Morgan fingerprint density at radius 3 is 2.69 bits per heavy atom. The molecular weight excluding hydrogens is 476 g/mol. The highest BCUT2D eigenvalue weighted by Gasteiger charge is 2.34. The lowest BCUT2D eigenvalue weighted by atomic mass is 10.00. The second-order valence-corrected chi connectivity index (χ2v) is 10.2. The first-order chi connectivity index (χ1) is 17.5. The molecule has 0 spiro atoms. The number of rotatable bonds is 11. The van der Waals surface area contributed by atoms with E-state index in [9.17, 15) is 9.59 Å². The number of benzene rings is 1. The third kappa shape index (κ3) is 6.17. The Labute approximate surface area is 216 Å². The van der Waals surface area contributed by atoms with Gasteiger partial charge in [-0.05, 0) is 65.6 Å². The van der Waals surface area contributed by atoms with Crippen LogP contribution in [0.25, 0.3) is 0 Å². The Balaban J connectivity index is 1.49. The third-order valence-electron chi connectivity index (χ3n) is 6.49. The van der Waals surface area contributed by atoms with Gasteiger partial charge in [-0.2, -0.15) is 0 Å². The van der Waals surface area contributed by atoms with Gasteiger partial charge in [0.25, 0.3) is 5.91 Å². The van der Waals surface area contributed by atoms with E-state index < -0.39 is 0 Å². The van der Waals surface area contributed by atoms with Crippen molar-refractivity contribution < 1.29 is 23.5 Å². The molecule has 0 radical (unpaired) electrons. The highest BCUT2D eigenvalue weighted by atomic mass is 32.1. The summed E-state index contributed by atoms with van der Waals surface area (Å²) >= 11 is 1.72.